The van der Waals surface area contributed by atoms with E-state index in [9.17, 15) is 0 Å². The van der Waals surface area contributed by atoms with Crippen LogP contribution in [0, 0.1) is 0 Å². The molecule has 1 heterocycles. The van der Waals surface area contributed by atoms with E-state index in [-0.39, 0.29) is 0 Å². The molecule has 1 rings (SSSR count). The topological polar surface area (TPSA) is 59.1 Å². The van der Waals surface area contributed by atoms with Crippen molar-refractivity contribution in [1.82, 2.24) is 14.7 Å². The zero-order chi connectivity index (χ0) is 14.4. The summed E-state index contributed by atoms with van der Waals surface area (Å²) < 4.78 is 1.85. The summed E-state index contributed by atoms with van der Waals surface area (Å²) in [6.45, 7) is 12.9. The zero-order valence-electron chi connectivity index (χ0n) is 13.0. The van der Waals surface area contributed by atoms with E-state index in [1.165, 1.54) is 0 Å². The number of nitrogen functional groups attached to an aromatic ring is 1. The molecular formula is C14H29N5. The van der Waals surface area contributed by atoms with Gasteiger partial charge in [-0.2, -0.15) is 5.10 Å². The number of hydrogen-bond donors (Lipinski definition) is 2. The Morgan fingerprint density at radius 1 is 1.32 bits per heavy atom. The number of anilines is 2. The average molecular weight is 267 g/mol. The molecule has 0 bridgehead atoms. The lowest BCUT2D eigenvalue weighted by molar-refractivity contribution is 0.303. The van der Waals surface area contributed by atoms with Gasteiger partial charge in [0.25, 0.3) is 0 Å². The molecule has 0 radical (unpaired) electrons. The highest BCUT2D eigenvalue weighted by Gasteiger charge is 2.15. The Bertz CT molecular complexity index is 379. The summed E-state index contributed by atoms with van der Waals surface area (Å²) in [5.74, 6) is 1.31. The second-order valence-electron chi connectivity index (χ2n) is 5.23. The first-order chi connectivity index (χ1) is 9.01. The van der Waals surface area contributed by atoms with Gasteiger partial charge in [0, 0.05) is 13.6 Å². The maximum Gasteiger partial charge on any atom is 0.147 e. The quantitative estimate of drug-likeness (QED) is 0.709. The standard InChI is InChI=1S/C14H29N5/c1-6-19(7-2)10-8-9-16-14-12(15)13(11(3)4)17-18(14)5/h11,16H,6-10,15H2,1-5H3. The van der Waals surface area contributed by atoms with Crippen molar-refractivity contribution in [3.63, 3.8) is 0 Å². The summed E-state index contributed by atoms with van der Waals surface area (Å²) >= 11 is 0. The maximum atomic E-state index is 6.14. The van der Waals surface area contributed by atoms with E-state index in [0.29, 0.717) is 5.92 Å². The molecule has 0 aromatic carbocycles. The van der Waals surface area contributed by atoms with Gasteiger partial charge in [-0.1, -0.05) is 27.7 Å². The smallest absolute Gasteiger partial charge is 0.147 e. The van der Waals surface area contributed by atoms with Crippen LogP contribution in [0.1, 0.15) is 45.7 Å². The highest BCUT2D eigenvalue weighted by molar-refractivity contribution is 5.65. The Morgan fingerprint density at radius 2 is 1.95 bits per heavy atom. The molecule has 0 fully saturated rings. The van der Waals surface area contributed by atoms with Crippen LogP contribution in [0.25, 0.3) is 0 Å². The molecule has 0 spiro atoms. The van der Waals surface area contributed by atoms with E-state index >= 15 is 0 Å². The van der Waals surface area contributed by atoms with Crippen molar-refractivity contribution in [3.8, 4) is 0 Å². The molecule has 110 valence electrons. The van der Waals surface area contributed by atoms with Gasteiger partial charge in [-0.3, -0.25) is 4.68 Å². The molecular weight excluding hydrogens is 238 g/mol. The number of rotatable bonds is 8. The van der Waals surface area contributed by atoms with E-state index in [4.69, 9.17) is 5.73 Å². The van der Waals surface area contributed by atoms with Gasteiger partial charge >= 0.3 is 0 Å². The third-order valence-electron chi connectivity index (χ3n) is 3.50. The van der Waals surface area contributed by atoms with E-state index in [2.05, 4.69) is 43.0 Å². The Morgan fingerprint density at radius 3 is 2.42 bits per heavy atom. The summed E-state index contributed by atoms with van der Waals surface area (Å²) in [6.07, 6.45) is 1.11. The Kier molecular flexibility index (Phi) is 6.15. The van der Waals surface area contributed by atoms with Crippen LogP contribution in [0.2, 0.25) is 0 Å². The second-order valence-corrected chi connectivity index (χ2v) is 5.23. The second kappa shape index (κ2) is 7.38. The van der Waals surface area contributed by atoms with E-state index in [1.807, 2.05) is 11.7 Å². The van der Waals surface area contributed by atoms with Crippen molar-refractivity contribution in [3.05, 3.63) is 5.69 Å². The monoisotopic (exact) mass is 267 g/mol. The molecule has 1 aromatic heterocycles. The van der Waals surface area contributed by atoms with Crippen LogP contribution in [0.3, 0.4) is 0 Å². The molecule has 19 heavy (non-hydrogen) atoms. The molecule has 1 aromatic rings. The van der Waals surface area contributed by atoms with Crippen molar-refractivity contribution in [2.24, 2.45) is 7.05 Å². The minimum atomic E-state index is 0.359. The van der Waals surface area contributed by atoms with Gasteiger partial charge in [-0.15, -0.1) is 0 Å². The minimum absolute atomic E-state index is 0.359. The van der Waals surface area contributed by atoms with Crippen LogP contribution in [0.5, 0.6) is 0 Å². The number of nitrogens with one attached hydrogen (secondary N) is 1. The fourth-order valence-electron chi connectivity index (χ4n) is 2.25. The molecule has 0 atom stereocenters. The summed E-state index contributed by atoms with van der Waals surface area (Å²) in [6, 6.07) is 0. The predicted molar refractivity (Wildman–Crippen MR) is 82.6 cm³/mol. The first-order valence-corrected chi connectivity index (χ1v) is 7.29. The van der Waals surface area contributed by atoms with E-state index < -0.39 is 0 Å². The van der Waals surface area contributed by atoms with Gasteiger partial charge in [-0.25, -0.2) is 0 Å². The molecule has 0 saturated heterocycles. The Balaban J connectivity index is 2.50. The van der Waals surface area contributed by atoms with Crippen LogP contribution in [0.15, 0.2) is 0 Å². The third-order valence-corrected chi connectivity index (χ3v) is 3.50. The molecule has 0 saturated carbocycles. The summed E-state index contributed by atoms with van der Waals surface area (Å²) in [4.78, 5) is 2.42. The lowest BCUT2D eigenvalue weighted by Gasteiger charge is -2.18. The van der Waals surface area contributed by atoms with Crippen molar-refractivity contribution in [2.75, 3.05) is 37.2 Å². The maximum absolute atomic E-state index is 6.14. The Hall–Kier alpha value is -1.23. The number of nitrogens with two attached hydrogens (primary N) is 1. The molecule has 5 nitrogen and oxygen atoms in total. The van der Waals surface area contributed by atoms with Gasteiger partial charge in [0.05, 0.1) is 11.4 Å². The SMILES string of the molecule is CCN(CC)CCCNc1c(N)c(C(C)C)nn1C. The van der Waals surface area contributed by atoms with Crippen LogP contribution >= 0.6 is 0 Å². The molecule has 0 amide bonds. The van der Waals surface area contributed by atoms with Crippen molar-refractivity contribution >= 4 is 11.5 Å². The fraction of sp³-hybridized carbons (Fsp3) is 0.786. The third kappa shape index (κ3) is 4.13. The molecule has 0 aliphatic rings. The largest absolute Gasteiger partial charge is 0.394 e. The van der Waals surface area contributed by atoms with Gasteiger partial charge in [0.15, 0.2) is 0 Å². The summed E-state index contributed by atoms with van der Waals surface area (Å²) in [5.41, 5.74) is 7.92. The van der Waals surface area contributed by atoms with Gasteiger partial charge in [0.1, 0.15) is 5.82 Å². The molecule has 0 unspecified atom stereocenters. The molecule has 5 heteroatoms. The summed E-state index contributed by atoms with van der Waals surface area (Å²) in [5, 5.41) is 7.88. The van der Waals surface area contributed by atoms with Crippen LogP contribution in [-0.4, -0.2) is 40.9 Å². The minimum Gasteiger partial charge on any atom is -0.394 e. The van der Waals surface area contributed by atoms with Gasteiger partial charge in [-0.05, 0) is 32.0 Å². The van der Waals surface area contributed by atoms with Crippen LogP contribution in [-0.2, 0) is 7.05 Å². The zero-order valence-corrected chi connectivity index (χ0v) is 13.0. The number of aromatic nitrogens is 2. The van der Waals surface area contributed by atoms with E-state index in [1.54, 1.807) is 0 Å². The van der Waals surface area contributed by atoms with Crippen LogP contribution < -0.4 is 11.1 Å². The lowest BCUT2D eigenvalue weighted by Crippen LogP contribution is -2.25. The predicted octanol–water partition coefficient (Wildman–Crippen LogP) is 2.27. The Labute approximate surface area is 117 Å². The molecule has 3 N–H and O–H groups in total. The van der Waals surface area contributed by atoms with Crippen molar-refractivity contribution in [2.45, 2.75) is 40.0 Å². The lowest BCUT2D eigenvalue weighted by atomic mass is 10.1. The van der Waals surface area contributed by atoms with Crippen molar-refractivity contribution in [1.29, 1.82) is 0 Å². The first-order valence-electron chi connectivity index (χ1n) is 7.29. The van der Waals surface area contributed by atoms with Crippen LogP contribution in [0.4, 0.5) is 11.5 Å². The van der Waals surface area contributed by atoms with Gasteiger partial charge < -0.3 is 16.0 Å². The number of nitrogens with zero attached hydrogens (tertiary/aromatic N) is 3. The average Bonchev–Trinajstić information content (AvgIpc) is 2.66. The highest BCUT2D eigenvalue weighted by atomic mass is 15.3. The number of hydrogen-bond acceptors (Lipinski definition) is 4. The normalized spacial score (nSPS) is 11.5. The van der Waals surface area contributed by atoms with E-state index in [0.717, 1.165) is 49.8 Å². The van der Waals surface area contributed by atoms with Gasteiger partial charge in [0.2, 0.25) is 0 Å². The van der Waals surface area contributed by atoms with Crippen molar-refractivity contribution < 1.29 is 0 Å². The molecule has 0 aliphatic heterocycles. The highest BCUT2D eigenvalue weighted by Crippen LogP contribution is 2.27. The fourth-order valence-corrected chi connectivity index (χ4v) is 2.25. The first kappa shape index (κ1) is 15.8. The number of aryl methyl sites for hydroxylation is 1. The molecule has 0 aliphatic carbocycles. The summed E-state index contributed by atoms with van der Waals surface area (Å²) in [7, 11) is 1.94.